The van der Waals surface area contributed by atoms with Gasteiger partial charge in [-0.3, -0.25) is 10.1 Å². The maximum atomic E-state index is 12.2. The number of esters is 1. The van der Waals surface area contributed by atoms with Crippen molar-refractivity contribution in [2.24, 2.45) is 0 Å². The zero-order valence-electron chi connectivity index (χ0n) is 19.0. The standard InChI is InChI=1S/C25H26N4O5/c1-18-8-10-19(11-9-18)24-20(16-29(28-24)21-6-4-3-5-7-21)12-13-23(31)34-17-22(30)27-25(32)26-14-15-33-2/h3-13,16H,14-15,17H2,1-2H3,(H2,26,27,30,32)/b13-12+. The quantitative estimate of drug-likeness (QED) is 0.287. The number of para-hydroxylation sites is 1. The largest absolute Gasteiger partial charge is 0.452 e. The maximum Gasteiger partial charge on any atom is 0.331 e. The van der Waals surface area contributed by atoms with Crippen molar-refractivity contribution in [3.05, 3.63) is 78.0 Å². The molecular weight excluding hydrogens is 436 g/mol. The Morgan fingerprint density at radius 2 is 1.79 bits per heavy atom. The second kappa shape index (κ2) is 12.1. The Hall–Kier alpha value is -4.24. The number of hydrogen-bond acceptors (Lipinski definition) is 6. The number of aromatic nitrogens is 2. The lowest BCUT2D eigenvalue weighted by Crippen LogP contribution is -2.42. The number of carbonyl (C=O) groups is 3. The molecule has 2 aromatic carbocycles. The summed E-state index contributed by atoms with van der Waals surface area (Å²) in [4.78, 5) is 35.5. The average molecular weight is 463 g/mol. The SMILES string of the molecule is COCCNC(=O)NC(=O)COC(=O)/C=C/c1cn(-c2ccccc2)nc1-c1ccc(C)cc1. The first kappa shape index (κ1) is 24.4. The van der Waals surface area contributed by atoms with E-state index in [-0.39, 0.29) is 6.54 Å². The Balaban J connectivity index is 1.67. The van der Waals surface area contributed by atoms with Crippen molar-refractivity contribution in [2.75, 3.05) is 26.9 Å². The summed E-state index contributed by atoms with van der Waals surface area (Å²) in [5, 5.41) is 9.19. The molecule has 0 aliphatic heterocycles. The van der Waals surface area contributed by atoms with Crippen LogP contribution in [0, 0.1) is 6.92 Å². The molecule has 0 saturated heterocycles. The van der Waals surface area contributed by atoms with Crippen LogP contribution in [0.1, 0.15) is 11.1 Å². The first-order valence-corrected chi connectivity index (χ1v) is 10.6. The molecule has 9 nitrogen and oxygen atoms in total. The summed E-state index contributed by atoms with van der Waals surface area (Å²) in [6, 6.07) is 16.8. The van der Waals surface area contributed by atoms with Crippen molar-refractivity contribution >= 4 is 24.0 Å². The number of benzene rings is 2. The number of nitrogens with one attached hydrogen (secondary N) is 2. The first-order valence-electron chi connectivity index (χ1n) is 10.6. The van der Waals surface area contributed by atoms with Gasteiger partial charge in [0.25, 0.3) is 5.91 Å². The topological polar surface area (TPSA) is 112 Å². The lowest BCUT2D eigenvalue weighted by atomic mass is 10.1. The van der Waals surface area contributed by atoms with Gasteiger partial charge in [0.05, 0.1) is 18.0 Å². The van der Waals surface area contributed by atoms with E-state index in [0.29, 0.717) is 17.9 Å². The van der Waals surface area contributed by atoms with E-state index in [4.69, 9.17) is 14.6 Å². The van der Waals surface area contributed by atoms with Crippen LogP contribution in [0.2, 0.25) is 0 Å². The van der Waals surface area contributed by atoms with Crippen LogP contribution in [0.25, 0.3) is 23.0 Å². The fraction of sp³-hybridized carbons (Fsp3) is 0.200. The molecule has 0 aliphatic carbocycles. The van der Waals surface area contributed by atoms with E-state index in [1.807, 2.05) is 67.7 Å². The molecule has 1 aromatic heterocycles. The number of amides is 3. The van der Waals surface area contributed by atoms with Gasteiger partial charge in [-0.15, -0.1) is 0 Å². The summed E-state index contributed by atoms with van der Waals surface area (Å²) in [6.45, 7) is 1.97. The monoisotopic (exact) mass is 462 g/mol. The maximum absolute atomic E-state index is 12.2. The molecule has 3 rings (SSSR count). The van der Waals surface area contributed by atoms with Crippen LogP contribution < -0.4 is 10.6 Å². The molecule has 3 aromatic rings. The zero-order chi connectivity index (χ0) is 24.3. The van der Waals surface area contributed by atoms with Crippen LogP contribution >= 0.6 is 0 Å². The van der Waals surface area contributed by atoms with E-state index >= 15 is 0 Å². The molecule has 0 fully saturated rings. The molecule has 0 unspecified atom stereocenters. The number of ether oxygens (including phenoxy) is 2. The van der Waals surface area contributed by atoms with Crippen LogP contribution in [0.5, 0.6) is 0 Å². The van der Waals surface area contributed by atoms with Gasteiger partial charge in [0.1, 0.15) is 0 Å². The molecule has 9 heteroatoms. The van der Waals surface area contributed by atoms with Gasteiger partial charge < -0.3 is 14.8 Å². The summed E-state index contributed by atoms with van der Waals surface area (Å²) in [7, 11) is 1.49. The minimum Gasteiger partial charge on any atom is -0.452 e. The summed E-state index contributed by atoms with van der Waals surface area (Å²) >= 11 is 0. The van der Waals surface area contributed by atoms with Gasteiger partial charge in [0, 0.05) is 37.1 Å². The van der Waals surface area contributed by atoms with Gasteiger partial charge in [0.15, 0.2) is 6.61 Å². The highest BCUT2D eigenvalue weighted by molar-refractivity contribution is 5.96. The molecule has 3 amide bonds. The molecule has 1 heterocycles. The van der Waals surface area contributed by atoms with Gasteiger partial charge >= 0.3 is 12.0 Å². The summed E-state index contributed by atoms with van der Waals surface area (Å²) < 4.78 is 11.5. The van der Waals surface area contributed by atoms with Crippen molar-refractivity contribution in [3.63, 3.8) is 0 Å². The highest BCUT2D eigenvalue weighted by Gasteiger charge is 2.12. The molecule has 0 bridgehead atoms. The summed E-state index contributed by atoms with van der Waals surface area (Å²) in [5.41, 5.74) is 4.29. The Morgan fingerprint density at radius 1 is 1.06 bits per heavy atom. The van der Waals surface area contributed by atoms with Crippen LogP contribution in [0.4, 0.5) is 4.79 Å². The van der Waals surface area contributed by atoms with Crippen LogP contribution in [-0.4, -0.2) is 54.6 Å². The molecule has 0 aliphatic rings. The molecule has 0 radical (unpaired) electrons. The second-order valence-corrected chi connectivity index (χ2v) is 7.32. The number of hydrogen-bond donors (Lipinski definition) is 2. The summed E-state index contributed by atoms with van der Waals surface area (Å²) in [5.74, 6) is -1.47. The van der Waals surface area contributed by atoms with Crippen molar-refractivity contribution in [3.8, 4) is 16.9 Å². The molecule has 2 N–H and O–H groups in total. The smallest absolute Gasteiger partial charge is 0.331 e. The minimum absolute atomic E-state index is 0.248. The van der Waals surface area contributed by atoms with E-state index < -0.39 is 24.5 Å². The third kappa shape index (κ3) is 7.14. The van der Waals surface area contributed by atoms with Gasteiger partial charge in [-0.25, -0.2) is 14.3 Å². The van der Waals surface area contributed by atoms with Gasteiger partial charge in [-0.05, 0) is 25.1 Å². The van der Waals surface area contributed by atoms with E-state index in [2.05, 4.69) is 10.6 Å². The predicted octanol–water partition coefficient (Wildman–Crippen LogP) is 2.88. The fourth-order valence-corrected chi connectivity index (χ4v) is 2.97. The number of carbonyl (C=O) groups excluding carboxylic acids is 3. The molecule has 34 heavy (non-hydrogen) atoms. The van der Waals surface area contributed by atoms with E-state index in [1.165, 1.54) is 13.2 Å². The summed E-state index contributed by atoms with van der Waals surface area (Å²) in [6.07, 6.45) is 4.61. The Labute approximate surface area is 197 Å². The van der Waals surface area contributed by atoms with Crippen LogP contribution in [0.3, 0.4) is 0 Å². The fourth-order valence-electron chi connectivity index (χ4n) is 2.97. The second-order valence-electron chi connectivity index (χ2n) is 7.32. The molecule has 0 saturated carbocycles. The number of nitrogens with zero attached hydrogens (tertiary/aromatic N) is 2. The molecule has 0 spiro atoms. The van der Waals surface area contributed by atoms with Crippen molar-refractivity contribution in [1.82, 2.24) is 20.4 Å². The van der Waals surface area contributed by atoms with Gasteiger partial charge in [-0.2, -0.15) is 5.10 Å². The lowest BCUT2D eigenvalue weighted by molar-refractivity contribution is -0.143. The molecular formula is C25H26N4O5. The predicted molar refractivity (Wildman–Crippen MR) is 127 cm³/mol. The van der Waals surface area contributed by atoms with Crippen molar-refractivity contribution in [1.29, 1.82) is 0 Å². The van der Waals surface area contributed by atoms with E-state index in [1.54, 1.807) is 10.8 Å². The van der Waals surface area contributed by atoms with Crippen molar-refractivity contribution in [2.45, 2.75) is 6.92 Å². The zero-order valence-corrected chi connectivity index (χ0v) is 19.0. The number of imide groups is 1. The minimum atomic E-state index is -0.742. The first-order chi connectivity index (χ1) is 16.5. The lowest BCUT2D eigenvalue weighted by Gasteiger charge is -2.06. The third-order valence-electron chi connectivity index (χ3n) is 4.68. The van der Waals surface area contributed by atoms with E-state index in [0.717, 1.165) is 16.8 Å². The Bertz CT molecular complexity index is 1150. The van der Waals surface area contributed by atoms with E-state index in [9.17, 15) is 14.4 Å². The highest BCUT2D eigenvalue weighted by atomic mass is 16.5. The molecule has 176 valence electrons. The Morgan fingerprint density at radius 3 is 2.50 bits per heavy atom. The Kier molecular flexibility index (Phi) is 8.70. The number of methoxy groups -OCH3 is 1. The van der Waals surface area contributed by atoms with Crippen molar-refractivity contribution < 1.29 is 23.9 Å². The number of rotatable bonds is 9. The van der Waals surface area contributed by atoms with Gasteiger partial charge in [-0.1, -0.05) is 48.0 Å². The molecule has 0 atom stereocenters. The number of urea groups is 1. The van der Waals surface area contributed by atoms with Gasteiger partial charge in [0.2, 0.25) is 0 Å². The highest BCUT2D eigenvalue weighted by Crippen LogP contribution is 2.25. The van der Waals surface area contributed by atoms with Crippen LogP contribution in [-0.2, 0) is 19.1 Å². The van der Waals surface area contributed by atoms with Crippen LogP contribution in [0.15, 0.2) is 66.9 Å². The third-order valence-corrected chi connectivity index (χ3v) is 4.68. The normalized spacial score (nSPS) is 10.8. The average Bonchev–Trinajstić information content (AvgIpc) is 3.27. The number of aryl methyl sites for hydroxylation is 1.